The topological polar surface area (TPSA) is 43.9 Å². The second-order valence-corrected chi connectivity index (χ2v) is 6.87. The van der Waals surface area contributed by atoms with E-state index >= 15 is 0 Å². The summed E-state index contributed by atoms with van der Waals surface area (Å²) in [6.07, 6.45) is 2.06. The molecule has 1 atom stereocenters. The summed E-state index contributed by atoms with van der Waals surface area (Å²) in [7, 11) is 0. The Kier molecular flexibility index (Phi) is 5.19. The lowest BCUT2D eigenvalue weighted by molar-refractivity contribution is -0.136. The van der Waals surface area contributed by atoms with Crippen molar-refractivity contribution in [3.05, 3.63) is 35.9 Å². The Morgan fingerprint density at radius 2 is 1.58 bits per heavy atom. The molecule has 5 heteroatoms. The van der Waals surface area contributed by atoms with E-state index in [-0.39, 0.29) is 17.9 Å². The summed E-state index contributed by atoms with van der Waals surface area (Å²) < 4.78 is 0. The van der Waals surface area contributed by atoms with Gasteiger partial charge in [-0.3, -0.25) is 14.5 Å². The van der Waals surface area contributed by atoms with Crippen LogP contribution in [0, 0.1) is 0 Å². The molecule has 2 amide bonds. The minimum Gasteiger partial charge on any atom is -0.343 e. The molecule has 1 aromatic rings. The Morgan fingerprint density at radius 1 is 0.917 bits per heavy atom. The monoisotopic (exact) mass is 329 g/mol. The summed E-state index contributed by atoms with van der Waals surface area (Å²) in [4.78, 5) is 30.0. The zero-order valence-corrected chi connectivity index (χ0v) is 14.6. The number of hydrogen-bond acceptors (Lipinski definition) is 3. The summed E-state index contributed by atoms with van der Waals surface area (Å²) >= 11 is 0. The molecule has 2 aliphatic heterocycles. The van der Waals surface area contributed by atoms with Crippen molar-refractivity contribution < 1.29 is 9.59 Å². The van der Waals surface area contributed by atoms with E-state index < -0.39 is 0 Å². The number of nitrogens with zero attached hydrogens (tertiary/aromatic N) is 3. The quantitative estimate of drug-likeness (QED) is 0.832. The number of piperidine rings is 1. The Balaban J connectivity index is 1.69. The summed E-state index contributed by atoms with van der Waals surface area (Å²) in [5.41, 5.74) is 1.21. The van der Waals surface area contributed by atoms with Crippen LogP contribution in [-0.2, 0) is 9.59 Å². The van der Waals surface area contributed by atoms with Crippen LogP contribution in [0.1, 0.15) is 38.3 Å². The highest BCUT2D eigenvalue weighted by molar-refractivity contribution is 5.74. The number of rotatable bonds is 2. The Labute approximate surface area is 144 Å². The van der Waals surface area contributed by atoms with Crippen molar-refractivity contribution in [1.29, 1.82) is 0 Å². The third-order valence-electron chi connectivity index (χ3n) is 5.43. The van der Waals surface area contributed by atoms with Gasteiger partial charge in [-0.2, -0.15) is 0 Å². The van der Waals surface area contributed by atoms with E-state index in [9.17, 15) is 9.59 Å². The van der Waals surface area contributed by atoms with Gasteiger partial charge in [-0.15, -0.1) is 0 Å². The third-order valence-corrected chi connectivity index (χ3v) is 5.43. The largest absolute Gasteiger partial charge is 0.343 e. The molecule has 0 aliphatic carbocycles. The van der Waals surface area contributed by atoms with Crippen molar-refractivity contribution >= 4 is 11.8 Å². The van der Waals surface area contributed by atoms with Gasteiger partial charge >= 0.3 is 0 Å². The third kappa shape index (κ3) is 3.61. The van der Waals surface area contributed by atoms with Crippen LogP contribution in [0.3, 0.4) is 0 Å². The second-order valence-electron chi connectivity index (χ2n) is 6.87. The first-order valence-corrected chi connectivity index (χ1v) is 8.88. The van der Waals surface area contributed by atoms with Gasteiger partial charge < -0.3 is 9.80 Å². The molecule has 3 rings (SSSR count). The molecule has 1 aromatic carbocycles. The molecule has 2 saturated heterocycles. The zero-order valence-electron chi connectivity index (χ0n) is 14.6. The van der Waals surface area contributed by atoms with Gasteiger partial charge in [-0.25, -0.2) is 0 Å². The van der Waals surface area contributed by atoms with Gasteiger partial charge in [-0.05, 0) is 18.4 Å². The van der Waals surface area contributed by atoms with Crippen molar-refractivity contribution in [2.75, 3.05) is 32.7 Å². The lowest BCUT2D eigenvalue weighted by atomic mass is 9.97. The van der Waals surface area contributed by atoms with Crippen LogP contribution in [0.2, 0.25) is 0 Å². The van der Waals surface area contributed by atoms with Crippen molar-refractivity contribution in [2.45, 2.75) is 38.8 Å². The van der Waals surface area contributed by atoms with Crippen LogP contribution in [-0.4, -0.2) is 65.3 Å². The van der Waals surface area contributed by atoms with Gasteiger partial charge in [0.2, 0.25) is 11.8 Å². The molecular weight excluding hydrogens is 302 g/mol. The first-order valence-electron chi connectivity index (χ1n) is 8.88. The molecule has 2 heterocycles. The minimum atomic E-state index is 0.128. The Morgan fingerprint density at radius 3 is 2.17 bits per heavy atom. The molecule has 0 bridgehead atoms. The van der Waals surface area contributed by atoms with Crippen LogP contribution < -0.4 is 0 Å². The van der Waals surface area contributed by atoms with E-state index in [4.69, 9.17) is 0 Å². The fourth-order valence-corrected chi connectivity index (χ4v) is 4.02. The van der Waals surface area contributed by atoms with E-state index in [1.807, 2.05) is 28.0 Å². The summed E-state index contributed by atoms with van der Waals surface area (Å²) in [6, 6.07) is 11.0. The lowest BCUT2D eigenvalue weighted by Gasteiger charge is -2.46. The second kappa shape index (κ2) is 7.34. The van der Waals surface area contributed by atoms with E-state index in [1.165, 1.54) is 5.56 Å². The maximum absolute atomic E-state index is 12.0. The van der Waals surface area contributed by atoms with Crippen molar-refractivity contribution in [3.63, 3.8) is 0 Å². The van der Waals surface area contributed by atoms with Crippen LogP contribution in [0.4, 0.5) is 0 Å². The number of piperazine rings is 1. The van der Waals surface area contributed by atoms with Crippen molar-refractivity contribution in [3.8, 4) is 0 Å². The number of likely N-dealkylation sites (tertiary alicyclic amines) is 1. The van der Waals surface area contributed by atoms with Gasteiger partial charge in [0.15, 0.2) is 0 Å². The average Bonchev–Trinajstić information content (AvgIpc) is 2.62. The van der Waals surface area contributed by atoms with E-state index in [1.54, 1.807) is 13.8 Å². The lowest BCUT2D eigenvalue weighted by Crippen LogP contribution is -2.55. The van der Waals surface area contributed by atoms with Crippen LogP contribution >= 0.6 is 0 Å². The number of carbonyl (C=O) groups excluding carboxylic acids is 2. The summed E-state index contributed by atoms with van der Waals surface area (Å²) in [5.74, 6) is 0.326. The maximum atomic E-state index is 12.0. The Hall–Kier alpha value is -1.88. The molecule has 0 saturated carbocycles. The van der Waals surface area contributed by atoms with E-state index in [0.29, 0.717) is 6.04 Å². The van der Waals surface area contributed by atoms with Gasteiger partial charge in [0.1, 0.15) is 0 Å². The molecule has 2 aliphatic rings. The molecule has 2 fully saturated rings. The molecule has 5 nitrogen and oxygen atoms in total. The highest BCUT2D eigenvalue weighted by atomic mass is 16.2. The maximum Gasteiger partial charge on any atom is 0.220 e. The summed E-state index contributed by atoms with van der Waals surface area (Å²) in [5, 5.41) is 0. The van der Waals surface area contributed by atoms with Crippen LogP contribution in [0.15, 0.2) is 30.3 Å². The molecule has 24 heavy (non-hydrogen) atoms. The average molecular weight is 329 g/mol. The van der Waals surface area contributed by atoms with E-state index in [0.717, 1.165) is 45.6 Å². The van der Waals surface area contributed by atoms with Crippen molar-refractivity contribution in [1.82, 2.24) is 14.7 Å². The zero-order chi connectivity index (χ0) is 17.1. The highest BCUT2D eigenvalue weighted by Gasteiger charge is 2.34. The van der Waals surface area contributed by atoms with Gasteiger partial charge in [-0.1, -0.05) is 30.3 Å². The Bertz CT molecular complexity index is 582. The van der Waals surface area contributed by atoms with Gasteiger partial charge in [0.25, 0.3) is 0 Å². The van der Waals surface area contributed by atoms with Crippen LogP contribution in [0.5, 0.6) is 0 Å². The highest BCUT2D eigenvalue weighted by Crippen LogP contribution is 2.28. The molecule has 0 radical (unpaired) electrons. The fourth-order valence-electron chi connectivity index (χ4n) is 4.02. The van der Waals surface area contributed by atoms with Gasteiger partial charge in [0.05, 0.1) is 6.04 Å². The molecule has 0 spiro atoms. The number of benzene rings is 1. The van der Waals surface area contributed by atoms with Crippen LogP contribution in [0.25, 0.3) is 0 Å². The standard InChI is InChI=1S/C19H27N3O2/c1-15(23)20-10-8-18(9-11-20)21-12-13-22(16(2)24)19(14-21)17-6-4-3-5-7-17/h3-7,18-19H,8-14H2,1-2H3/t19-/m0/s1. The fraction of sp³-hybridized carbons (Fsp3) is 0.579. The van der Waals surface area contributed by atoms with Gasteiger partial charge in [0, 0.05) is 52.6 Å². The molecular formula is C19H27N3O2. The predicted molar refractivity (Wildman–Crippen MR) is 93.4 cm³/mol. The first-order chi connectivity index (χ1) is 11.6. The molecule has 0 N–H and O–H groups in total. The minimum absolute atomic E-state index is 0.128. The molecule has 0 aromatic heterocycles. The smallest absolute Gasteiger partial charge is 0.220 e. The normalized spacial score (nSPS) is 23.3. The van der Waals surface area contributed by atoms with Crippen molar-refractivity contribution in [2.24, 2.45) is 0 Å². The number of carbonyl (C=O) groups is 2. The number of hydrogen-bond donors (Lipinski definition) is 0. The van der Waals surface area contributed by atoms with E-state index in [2.05, 4.69) is 17.0 Å². The molecule has 0 unspecified atom stereocenters. The first kappa shape index (κ1) is 17.0. The molecule has 130 valence electrons. The number of amides is 2. The predicted octanol–water partition coefficient (Wildman–Crippen LogP) is 1.90. The SMILES string of the molecule is CC(=O)N1CCC(N2CCN(C(C)=O)[C@H](c3ccccc3)C2)CC1. The summed E-state index contributed by atoms with van der Waals surface area (Å²) in [6.45, 7) is 7.60.